The fourth-order valence-corrected chi connectivity index (χ4v) is 4.29. The van der Waals surface area contributed by atoms with E-state index in [4.69, 9.17) is 0 Å². The number of hydrogen-bond acceptors (Lipinski definition) is 3. The zero-order valence-electron chi connectivity index (χ0n) is 12.7. The molecule has 3 nitrogen and oxygen atoms in total. The largest absolute Gasteiger partial charge is 0.387 e. The summed E-state index contributed by atoms with van der Waals surface area (Å²) in [4.78, 5) is 6.86. The number of para-hydroxylation sites is 1. The van der Waals surface area contributed by atoms with Gasteiger partial charge in [0, 0.05) is 24.2 Å². The van der Waals surface area contributed by atoms with Gasteiger partial charge in [-0.05, 0) is 48.9 Å². The molecule has 5 rings (SSSR count). The second-order valence-electron chi connectivity index (χ2n) is 6.61. The van der Waals surface area contributed by atoms with Gasteiger partial charge in [-0.15, -0.1) is 6.58 Å². The molecule has 3 aliphatic rings. The van der Waals surface area contributed by atoms with E-state index in [1.807, 2.05) is 30.5 Å². The molecule has 0 saturated carbocycles. The molecule has 2 bridgehead atoms. The van der Waals surface area contributed by atoms with E-state index < -0.39 is 6.10 Å². The second-order valence-corrected chi connectivity index (χ2v) is 6.61. The summed E-state index contributed by atoms with van der Waals surface area (Å²) in [5.41, 5.74) is 1.97. The fourth-order valence-electron chi connectivity index (χ4n) is 4.29. The lowest BCUT2D eigenvalue weighted by Crippen LogP contribution is -2.54. The van der Waals surface area contributed by atoms with E-state index in [0.717, 1.165) is 36.0 Å². The standard InChI is InChI=1S/C19H22N2O/c1-2-13-12-21-10-8-14(13)11-18(21)19(22)16-7-9-20-17-6-4-3-5-15(16)17/h2-7,9,13-14,18-19,22H,1,8,10-12H2/t13-,14-,18?,19+/m1/s1. The van der Waals surface area contributed by atoms with Crippen LogP contribution in [0, 0.1) is 11.8 Å². The molecule has 3 fully saturated rings. The van der Waals surface area contributed by atoms with Crippen LogP contribution in [0.1, 0.15) is 24.5 Å². The SMILES string of the molecule is C=C[C@@H]1CN2CC[C@@H]1CC2[C@@H](O)c1ccnc2ccccc12. The zero-order chi connectivity index (χ0) is 15.1. The van der Waals surface area contributed by atoms with Crippen molar-refractivity contribution in [2.24, 2.45) is 11.8 Å². The van der Waals surface area contributed by atoms with Gasteiger partial charge in [0.2, 0.25) is 0 Å². The number of hydrogen-bond donors (Lipinski definition) is 1. The lowest BCUT2D eigenvalue weighted by Gasteiger charge is -2.50. The topological polar surface area (TPSA) is 36.4 Å². The van der Waals surface area contributed by atoms with E-state index in [9.17, 15) is 5.11 Å². The van der Waals surface area contributed by atoms with Gasteiger partial charge in [0.25, 0.3) is 0 Å². The van der Waals surface area contributed by atoms with Gasteiger partial charge in [-0.1, -0.05) is 24.3 Å². The number of nitrogens with zero attached hydrogens (tertiary/aromatic N) is 2. The van der Waals surface area contributed by atoms with Gasteiger partial charge in [-0.25, -0.2) is 0 Å². The van der Waals surface area contributed by atoms with Crippen LogP contribution in [-0.4, -0.2) is 34.1 Å². The number of aromatic nitrogens is 1. The Kier molecular flexibility index (Phi) is 3.47. The summed E-state index contributed by atoms with van der Waals surface area (Å²) in [5.74, 6) is 1.27. The van der Waals surface area contributed by atoms with E-state index in [1.165, 1.54) is 6.42 Å². The van der Waals surface area contributed by atoms with Gasteiger partial charge in [0.05, 0.1) is 11.6 Å². The molecule has 5 atom stereocenters. The number of pyridine rings is 1. The van der Waals surface area contributed by atoms with Gasteiger partial charge >= 0.3 is 0 Å². The van der Waals surface area contributed by atoms with E-state index in [0.29, 0.717) is 11.8 Å². The first kappa shape index (κ1) is 13.9. The van der Waals surface area contributed by atoms with E-state index in [-0.39, 0.29) is 6.04 Å². The average Bonchev–Trinajstić information content (AvgIpc) is 2.60. The van der Waals surface area contributed by atoms with Crippen LogP contribution in [0.15, 0.2) is 49.2 Å². The Morgan fingerprint density at radius 2 is 2.18 bits per heavy atom. The van der Waals surface area contributed by atoms with Crippen molar-refractivity contribution < 1.29 is 5.11 Å². The molecule has 4 heterocycles. The summed E-state index contributed by atoms with van der Waals surface area (Å²) in [6.07, 6.45) is 5.76. The molecular formula is C19H22N2O. The summed E-state index contributed by atoms with van der Waals surface area (Å²) in [7, 11) is 0. The van der Waals surface area contributed by atoms with Crippen LogP contribution in [0.2, 0.25) is 0 Å². The van der Waals surface area contributed by atoms with Gasteiger partial charge in [0.15, 0.2) is 0 Å². The second kappa shape index (κ2) is 5.49. The van der Waals surface area contributed by atoms with Gasteiger partial charge in [-0.3, -0.25) is 9.88 Å². The van der Waals surface area contributed by atoms with E-state index in [1.54, 1.807) is 0 Å². The predicted molar refractivity (Wildman–Crippen MR) is 88.5 cm³/mol. The zero-order valence-corrected chi connectivity index (χ0v) is 12.7. The van der Waals surface area contributed by atoms with Gasteiger partial charge in [-0.2, -0.15) is 0 Å². The highest BCUT2D eigenvalue weighted by molar-refractivity contribution is 5.82. The first-order chi connectivity index (χ1) is 10.8. The molecule has 0 aliphatic carbocycles. The van der Waals surface area contributed by atoms with E-state index >= 15 is 0 Å². The van der Waals surface area contributed by atoms with Crippen LogP contribution in [-0.2, 0) is 0 Å². The minimum Gasteiger partial charge on any atom is -0.387 e. The number of aliphatic hydroxyl groups is 1. The molecule has 0 spiro atoms. The minimum atomic E-state index is -0.443. The molecule has 3 heteroatoms. The van der Waals surface area contributed by atoms with Crippen molar-refractivity contribution in [2.75, 3.05) is 13.1 Å². The molecule has 1 aromatic carbocycles. The number of aliphatic hydroxyl groups excluding tert-OH is 1. The minimum absolute atomic E-state index is 0.223. The molecule has 3 aliphatic heterocycles. The molecule has 3 saturated heterocycles. The maximum atomic E-state index is 11.0. The van der Waals surface area contributed by atoms with Crippen LogP contribution in [0.5, 0.6) is 0 Å². The number of rotatable bonds is 3. The molecule has 1 N–H and O–H groups in total. The lowest BCUT2D eigenvalue weighted by molar-refractivity contribution is -0.0444. The molecule has 1 aromatic heterocycles. The molecule has 22 heavy (non-hydrogen) atoms. The monoisotopic (exact) mass is 294 g/mol. The number of fused-ring (bicyclic) bond motifs is 4. The Morgan fingerprint density at radius 1 is 1.32 bits per heavy atom. The predicted octanol–water partition coefficient (Wildman–Crippen LogP) is 3.16. The first-order valence-corrected chi connectivity index (χ1v) is 8.16. The van der Waals surface area contributed by atoms with Crippen LogP contribution < -0.4 is 0 Å². The van der Waals surface area contributed by atoms with Crippen molar-refractivity contribution in [3.05, 3.63) is 54.7 Å². The van der Waals surface area contributed by atoms with Crippen molar-refractivity contribution >= 4 is 10.9 Å². The van der Waals surface area contributed by atoms with Crippen LogP contribution >= 0.6 is 0 Å². The lowest BCUT2D eigenvalue weighted by atomic mass is 9.73. The Morgan fingerprint density at radius 3 is 2.95 bits per heavy atom. The van der Waals surface area contributed by atoms with Crippen molar-refractivity contribution in [3.8, 4) is 0 Å². The summed E-state index contributed by atoms with van der Waals surface area (Å²) >= 11 is 0. The van der Waals surface area contributed by atoms with Crippen LogP contribution in [0.3, 0.4) is 0 Å². The molecule has 0 radical (unpaired) electrons. The van der Waals surface area contributed by atoms with Crippen LogP contribution in [0.4, 0.5) is 0 Å². The Labute approximate surface area is 131 Å². The van der Waals surface area contributed by atoms with Crippen LogP contribution in [0.25, 0.3) is 10.9 Å². The molecule has 0 amide bonds. The fraction of sp³-hybridized carbons (Fsp3) is 0.421. The Bertz CT molecular complexity index is 693. The maximum Gasteiger partial charge on any atom is 0.0952 e. The Balaban J connectivity index is 1.67. The highest BCUT2D eigenvalue weighted by atomic mass is 16.3. The normalized spacial score (nSPS) is 32.0. The van der Waals surface area contributed by atoms with Gasteiger partial charge < -0.3 is 5.11 Å². The number of piperidine rings is 3. The van der Waals surface area contributed by atoms with Crippen molar-refractivity contribution in [3.63, 3.8) is 0 Å². The third kappa shape index (κ3) is 2.16. The van der Waals surface area contributed by atoms with Crippen molar-refractivity contribution in [2.45, 2.75) is 25.0 Å². The third-order valence-electron chi connectivity index (χ3n) is 5.52. The highest BCUT2D eigenvalue weighted by Gasteiger charge is 2.42. The first-order valence-electron chi connectivity index (χ1n) is 8.16. The summed E-state index contributed by atoms with van der Waals surface area (Å²) in [5, 5.41) is 12.1. The quantitative estimate of drug-likeness (QED) is 0.883. The molecular weight excluding hydrogens is 272 g/mol. The summed E-state index contributed by atoms with van der Waals surface area (Å²) < 4.78 is 0. The Hall–Kier alpha value is -1.71. The molecule has 2 aromatic rings. The maximum absolute atomic E-state index is 11.0. The van der Waals surface area contributed by atoms with E-state index in [2.05, 4.69) is 28.6 Å². The van der Waals surface area contributed by atoms with Crippen molar-refractivity contribution in [1.29, 1.82) is 0 Å². The smallest absolute Gasteiger partial charge is 0.0952 e. The highest BCUT2D eigenvalue weighted by Crippen LogP contribution is 2.41. The van der Waals surface area contributed by atoms with Gasteiger partial charge in [0.1, 0.15) is 0 Å². The summed E-state index contributed by atoms with van der Waals surface area (Å²) in [6.45, 7) is 6.11. The average molecular weight is 294 g/mol. The third-order valence-corrected chi connectivity index (χ3v) is 5.52. The van der Waals surface area contributed by atoms with Crippen molar-refractivity contribution in [1.82, 2.24) is 9.88 Å². The number of benzene rings is 1. The summed E-state index contributed by atoms with van der Waals surface area (Å²) in [6, 6.07) is 10.3. The molecule has 2 unspecified atom stereocenters. The molecule has 114 valence electrons.